The van der Waals surface area contributed by atoms with Gasteiger partial charge in [-0.05, 0) is 36.6 Å². The molecule has 0 unspecified atom stereocenters. The van der Waals surface area contributed by atoms with E-state index in [2.05, 4.69) is 58.7 Å². The third kappa shape index (κ3) is 2.91. The van der Waals surface area contributed by atoms with E-state index >= 15 is 0 Å². The Morgan fingerprint density at radius 2 is 1.96 bits per heavy atom. The lowest BCUT2D eigenvalue weighted by Gasteiger charge is -2.32. The molecule has 6 heteroatoms. The largest absolute Gasteiger partial charge is 0.497 e. The van der Waals surface area contributed by atoms with Crippen LogP contribution in [-0.2, 0) is 0 Å². The van der Waals surface area contributed by atoms with Crippen molar-refractivity contribution in [2.75, 3.05) is 18.2 Å². The van der Waals surface area contributed by atoms with Crippen molar-refractivity contribution < 1.29 is 4.74 Å². The first-order chi connectivity index (χ1) is 12.1. The Bertz CT molecular complexity index is 904. The van der Waals surface area contributed by atoms with Crippen molar-refractivity contribution in [3.05, 3.63) is 65.2 Å². The van der Waals surface area contributed by atoms with Crippen molar-refractivity contribution in [1.82, 2.24) is 14.8 Å². The predicted octanol–water partition coefficient (Wildman–Crippen LogP) is 3.32. The summed E-state index contributed by atoms with van der Waals surface area (Å²) in [5.41, 5.74) is 9.45. The van der Waals surface area contributed by atoms with Gasteiger partial charge in [-0.25, -0.2) is 4.68 Å². The number of rotatable bonds is 3. The highest BCUT2D eigenvalue weighted by Gasteiger charge is 2.31. The Balaban J connectivity index is 1.76. The number of benzene rings is 2. The second-order valence-electron chi connectivity index (χ2n) is 6.38. The van der Waals surface area contributed by atoms with Crippen molar-refractivity contribution in [2.45, 2.75) is 25.4 Å². The average Bonchev–Trinajstić information content (AvgIpc) is 3.01. The van der Waals surface area contributed by atoms with E-state index in [1.165, 1.54) is 11.1 Å². The number of anilines is 2. The number of fused-ring (bicyclic) bond motifs is 1. The topological polar surface area (TPSA) is 78.0 Å². The van der Waals surface area contributed by atoms with Gasteiger partial charge in [0.1, 0.15) is 5.75 Å². The third-order valence-electron chi connectivity index (χ3n) is 4.63. The minimum atomic E-state index is 0.0807. The van der Waals surface area contributed by atoms with Gasteiger partial charge in [-0.2, -0.15) is 4.98 Å². The number of ether oxygens (including phenoxy) is 1. The molecular weight excluding hydrogens is 314 g/mol. The SMILES string of the molecule is COc1cccc([C@@H]2C[C@@H](c3cccc(C)c3)n3nc(N)nc3N2)c1. The molecule has 2 atom stereocenters. The highest BCUT2D eigenvalue weighted by atomic mass is 16.5. The van der Waals surface area contributed by atoms with Gasteiger partial charge in [0.25, 0.3) is 0 Å². The van der Waals surface area contributed by atoms with E-state index in [-0.39, 0.29) is 18.0 Å². The first-order valence-corrected chi connectivity index (χ1v) is 8.33. The van der Waals surface area contributed by atoms with Crippen LogP contribution in [0.15, 0.2) is 48.5 Å². The van der Waals surface area contributed by atoms with Crippen LogP contribution in [0.5, 0.6) is 5.75 Å². The molecule has 128 valence electrons. The zero-order valence-electron chi connectivity index (χ0n) is 14.3. The molecule has 0 fully saturated rings. The number of hydrogen-bond acceptors (Lipinski definition) is 5. The molecule has 1 aliphatic rings. The second-order valence-corrected chi connectivity index (χ2v) is 6.38. The van der Waals surface area contributed by atoms with Crippen LogP contribution in [0.2, 0.25) is 0 Å². The molecule has 0 saturated heterocycles. The van der Waals surface area contributed by atoms with E-state index < -0.39 is 0 Å². The number of methoxy groups -OCH3 is 1. The van der Waals surface area contributed by atoms with E-state index in [1.54, 1.807) is 7.11 Å². The number of nitrogens with zero attached hydrogens (tertiary/aromatic N) is 3. The van der Waals surface area contributed by atoms with Gasteiger partial charge in [0.15, 0.2) is 0 Å². The highest BCUT2D eigenvalue weighted by molar-refractivity contribution is 5.43. The molecule has 0 bridgehead atoms. The zero-order chi connectivity index (χ0) is 17.4. The molecule has 3 aromatic rings. The maximum absolute atomic E-state index is 5.86. The molecule has 6 nitrogen and oxygen atoms in total. The molecule has 2 heterocycles. The molecule has 0 saturated carbocycles. The van der Waals surface area contributed by atoms with E-state index in [0.29, 0.717) is 5.95 Å². The average molecular weight is 335 g/mol. The van der Waals surface area contributed by atoms with Gasteiger partial charge < -0.3 is 15.8 Å². The van der Waals surface area contributed by atoms with Crippen LogP contribution in [0.1, 0.15) is 35.2 Å². The lowest BCUT2D eigenvalue weighted by molar-refractivity contribution is 0.410. The summed E-state index contributed by atoms with van der Waals surface area (Å²) in [4.78, 5) is 4.35. The van der Waals surface area contributed by atoms with Crippen LogP contribution in [0.25, 0.3) is 0 Å². The fourth-order valence-electron chi connectivity index (χ4n) is 3.43. The van der Waals surface area contributed by atoms with Crippen molar-refractivity contribution in [3.63, 3.8) is 0 Å². The van der Waals surface area contributed by atoms with Crippen LogP contribution in [-0.4, -0.2) is 21.9 Å². The summed E-state index contributed by atoms with van der Waals surface area (Å²) in [5.74, 6) is 1.83. The maximum atomic E-state index is 5.86. The number of hydrogen-bond donors (Lipinski definition) is 2. The zero-order valence-corrected chi connectivity index (χ0v) is 14.3. The molecule has 0 spiro atoms. The Morgan fingerprint density at radius 1 is 1.16 bits per heavy atom. The third-order valence-corrected chi connectivity index (χ3v) is 4.63. The first kappa shape index (κ1) is 15.5. The Morgan fingerprint density at radius 3 is 2.76 bits per heavy atom. The van der Waals surface area contributed by atoms with Gasteiger partial charge in [-0.3, -0.25) is 0 Å². The Kier molecular flexibility index (Phi) is 3.80. The Labute approximate surface area is 146 Å². The molecule has 0 aliphatic carbocycles. The molecular formula is C19H21N5O. The smallest absolute Gasteiger partial charge is 0.241 e. The van der Waals surface area contributed by atoms with E-state index in [0.717, 1.165) is 17.7 Å². The van der Waals surface area contributed by atoms with Gasteiger partial charge in [-0.1, -0.05) is 42.0 Å². The molecule has 25 heavy (non-hydrogen) atoms. The van der Waals surface area contributed by atoms with Crippen molar-refractivity contribution in [1.29, 1.82) is 0 Å². The molecule has 4 rings (SSSR count). The quantitative estimate of drug-likeness (QED) is 0.768. The van der Waals surface area contributed by atoms with Crippen LogP contribution in [0.3, 0.4) is 0 Å². The van der Waals surface area contributed by atoms with Gasteiger partial charge >= 0.3 is 0 Å². The standard InChI is InChI=1S/C19H21N5O/c1-12-5-3-7-14(9-12)17-11-16(13-6-4-8-15(10-13)25-2)21-19-22-18(20)23-24(17)19/h3-10,16-17H,11H2,1-2H3,(H3,20,21,22,23)/t16-,17-/m0/s1. The van der Waals surface area contributed by atoms with E-state index in [1.807, 2.05) is 16.8 Å². The molecule has 0 radical (unpaired) electrons. The van der Waals surface area contributed by atoms with Gasteiger partial charge in [-0.15, -0.1) is 5.10 Å². The number of nitrogens with one attached hydrogen (secondary N) is 1. The summed E-state index contributed by atoms with van der Waals surface area (Å²) in [6.07, 6.45) is 0.854. The fraction of sp³-hybridized carbons (Fsp3) is 0.263. The van der Waals surface area contributed by atoms with Gasteiger partial charge in [0, 0.05) is 0 Å². The molecule has 1 aliphatic heterocycles. The maximum Gasteiger partial charge on any atom is 0.241 e. The van der Waals surface area contributed by atoms with Crippen LogP contribution in [0.4, 0.5) is 11.9 Å². The number of nitrogens with two attached hydrogens (primary N) is 1. The van der Waals surface area contributed by atoms with Crippen molar-refractivity contribution in [2.24, 2.45) is 0 Å². The number of aromatic nitrogens is 3. The summed E-state index contributed by atoms with van der Waals surface area (Å²) >= 11 is 0. The summed E-state index contributed by atoms with van der Waals surface area (Å²) in [6.45, 7) is 2.10. The lowest BCUT2D eigenvalue weighted by Crippen LogP contribution is -2.28. The summed E-state index contributed by atoms with van der Waals surface area (Å²) in [7, 11) is 1.68. The van der Waals surface area contributed by atoms with Crippen molar-refractivity contribution >= 4 is 11.9 Å². The monoisotopic (exact) mass is 335 g/mol. The van der Waals surface area contributed by atoms with Crippen LogP contribution >= 0.6 is 0 Å². The lowest BCUT2D eigenvalue weighted by atomic mass is 9.92. The minimum absolute atomic E-state index is 0.0807. The Hall–Kier alpha value is -3.02. The minimum Gasteiger partial charge on any atom is -0.497 e. The second kappa shape index (κ2) is 6.12. The summed E-state index contributed by atoms with van der Waals surface area (Å²) in [5, 5.41) is 7.85. The number of aryl methyl sites for hydroxylation is 1. The predicted molar refractivity (Wildman–Crippen MR) is 97.7 cm³/mol. The van der Waals surface area contributed by atoms with E-state index in [4.69, 9.17) is 10.5 Å². The molecule has 0 amide bonds. The van der Waals surface area contributed by atoms with Crippen LogP contribution in [0, 0.1) is 6.92 Å². The van der Waals surface area contributed by atoms with Crippen molar-refractivity contribution in [3.8, 4) is 5.75 Å². The van der Waals surface area contributed by atoms with Crippen LogP contribution < -0.4 is 15.8 Å². The van der Waals surface area contributed by atoms with Gasteiger partial charge in [0.2, 0.25) is 11.9 Å². The molecule has 2 aromatic carbocycles. The first-order valence-electron chi connectivity index (χ1n) is 8.33. The molecule has 1 aromatic heterocycles. The normalized spacial score (nSPS) is 19.1. The molecule has 3 N–H and O–H groups in total. The van der Waals surface area contributed by atoms with E-state index in [9.17, 15) is 0 Å². The highest BCUT2D eigenvalue weighted by Crippen LogP contribution is 2.38. The fourth-order valence-corrected chi connectivity index (χ4v) is 3.43. The summed E-state index contributed by atoms with van der Waals surface area (Å²) < 4.78 is 7.26. The summed E-state index contributed by atoms with van der Waals surface area (Å²) in [6, 6.07) is 16.8. The number of nitrogen functional groups attached to an aromatic ring is 1. The van der Waals surface area contributed by atoms with Gasteiger partial charge in [0.05, 0.1) is 19.2 Å².